The van der Waals surface area contributed by atoms with Crippen molar-refractivity contribution in [3.05, 3.63) is 41.4 Å². The van der Waals surface area contributed by atoms with E-state index in [0.29, 0.717) is 10.5 Å². The Hall–Kier alpha value is -2.06. The van der Waals surface area contributed by atoms with E-state index in [2.05, 4.69) is 0 Å². The Balaban J connectivity index is 2.17. The molecule has 1 saturated heterocycles. The van der Waals surface area contributed by atoms with Crippen molar-refractivity contribution in [1.82, 2.24) is 5.06 Å². The van der Waals surface area contributed by atoms with Crippen LogP contribution in [-0.4, -0.2) is 36.1 Å². The van der Waals surface area contributed by atoms with Gasteiger partial charge < -0.3 is 9.47 Å². The highest BCUT2D eigenvalue weighted by molar-refractivity contribution is 7.98. The first-order chi connectivity index (χ1) is 11.3. The third-order valence-electron chi connectivity index (χ3n) is 3.18. The number of ether oxygens (including phenoxy) is 2. The predicted octanol–water partition coefficient (Wildman–Crippen LogP) is 2.63. The monoisotopic (exact) mass is 355 g/mol. The Bertz CT molecular complexity index is 689. The predicted molar refractivity (Wildman–Crippen MR) is 85.1 cm³/mol. The highest BCUT2D eigenvalue weighted by atomic mass is 32.2. The van der Waals surface area contributed by atoms with Crippen LogP contribution in [0.2, 0.25) is 0 Å². The van der Waals surface area contributed by atoms with E-state index in [9.17, 15) is 14.0 Å². The van der Waals surface area contributed by atoms with Crippen LogP contribution in [-0.2, 0) is 30.4 Å². The summed E-state index contributed by atoms with van der Waals surface area (Å²) in [5.74, 6) is -2.94. The molecule has 8 heteroatoms. The lowest BCUT2D eigenvalue weighted by Gasteiger charge is -2.19. The van der Waals surface area contributed by atoms with Crippen LogP contribution in [0.5, 0.6) is 0 Å². The van der Waals surface area contributed by atoms with Gasteiger partial charge >= 0.3 is 5.97 Å². The van der Waals surface area contributed by atoms with Crippen molar-refractivity contribution in [1.29, 1.82) is 0 Å². The molecule has 130 valence electrons. The topological polar surface area (TPSA) is 65.1 Å². The number of nitrogens with zero attached hydrogens (tertiary/aromatic N) is 1. The molecule has 0 atom stereocenters. The second-order valence-electron chi connectivity index (χ2n) is 5.41. The number of hydroxylamine groups is 2. The maximum absolute atomic E-state index is 13.3. The third kappa shape index (κ3) is 4.27. The fraction of sp³-hybridized carbons (Fsp3) is 0.375. The summed E-state index contributed by atoms with van der Waals surface area (Å²) in [7, 11) is 1.33. The molecule has 1 aliphatic heterocycles. The smallest absolute Gasteiger partial charge is 0.377 e. The number of hydrogen-bond donors (Lipinski definition) is 0. The highest BCUT2D eigenvalue weighted by Gasteiger charge is 2.38. The molecule has 0 aliphatic carbocycles. The van der Waals surface area contributed by atoms with Gasteiger partial charge in [-0.1, -0.05) is 6.07 Å². The van der Waals surface area contributed by atoms with Crippen molar-refractivity contribution in [3.8, 4) is 0 Å². The Morgan fingerprint density at radius 2 is 2.12 bits per heavy atom. The quantitative estimate of drug-likeness (QED) is 0.350. The molecule has 0 N–H and O–H groups in total. The fourth-order valence-corrected chi connectivity index (χ4v) is 2.73. The number of hydrogen-bond acceptors (Lipinski definition) is 6. The third-order valence-corrected chi connectivity index (χ3v) is 4.00. The maximum Gasteiger partial charge on any atom is 0.377 e. The summed E-state index contributed by atoms with van der Waals surface area (Å²) >= 11 is 1.36. The van der Waals surface area contributed by atoms with Gasteiger partial charge in [-0.2, -0.15) is 0 Å². The van der Waals surface area contributed by atoms with Crippen LogP contribution in [0.4, 0.5) is 4.39 Å². The second-order valence-corrected chi connectivity index (χ2v) is 6.26. The van der Waals surface area contributed by atoms with Crippen molar-refractivity contribution in [3.63, 3.8) is 0 Å². The van der Waals surface area contributed by atoms with Gasteiger partial charge in [0.25, 0.3) is 5.91 Å². The molecule has 24 heavy (non-hydrogen) atoms. The number of carbonyl (C=O) groups is 2. The van der Waals surface area contributed by atoms with Gasteiger partial charge in [-0.25, -0.2) is 14.2 Å². The van der Waals surface area contributed by atoms with E-state index in [4.69, 9.17) is 14.3 Å². The van der Waals surface area contributed by atoms with E-state index in [1.807, 2.05) is 6.26 Å². The molecule has 1 aromatic carbocycles. The number of halogens is 1. The van der Waals surface area contributed by atoms with Crippen molar-refractivity contribution in [2.24, 2.45) is 0 Å². The lowest BCUT2D eigenvalue weighted by atomic mass is 10.2. The van der Waals surface area contributed by atoms with Gasteiger partial charge in [-0.3, -0.25) is 9.63 Å². The van der Waals surface area contributed by atoms with Gasteiger partial charge in [-0.05, 0) is 24.0 Å². The molecule has 0 saturated carbocycles. The summed E-state index contributed by atoms with van der Waals surface area (Å²) < 4.78 is 23.5. The largest absolute Gasteiger partial charge is 0.445 e. The molecule has 1 fully saturated rings. The Morgan fingerprint density at radius 1 is 1.42 bits per heavy atom. The van der Waals surface area contributed by atoms with E-state index in [0.717, 1.165) is 11.1 Å². The van der Waals surface area contributed by atoms with Crippen molar-refractivity contribution in [2.75, 3.05) is 13.4 Å². The van der Waals surface area contributed by atoms with Gasteiger partial charge in [0.05, 0.1) is 19.7 Å². The Morgan fingerprint density at radius 3 is 2.67 bits per heavy atom. The van der Waals surface area contributed by atoms with Crippen LogP contribution in [0, 0.1) is 5.82 Å². The van der Waals surface area contributed by atoms with Gasteiger partial charge in [0.1, 0.15) is 5.82 Å². The summed E-state index contributed by atoms with van der Waals surface area (Å²) in [6.45, 7) is 3.22. The number of esters is 1. The van der Waals surface area contributed by atoms with Crippen LogP contribution < -0.4 is 0 Å². The summed E-state index contributed by atoms with van der Waals surface area (Å²) in [5.41, 5.74) is 0.716. The zero-order valence-electron chi connectivity index (χ0n) is 13.8. The molecule has 0 unspecified atom stereocenters. The average molecular weight is 355 g/mol. The molecule has 0 spiro atoms. The Kier molecular flexibility index (Phi) is 5.51. The van der Waals surface area contributed by atoms with E-state index in [1.54, 1.807) is 19.9 Å². The zero-order chi connectivity index (χ0) is 17.9. The first kappa shape index (κ1) is 18.3. The van der Waals surface area contributed by atoms with Crippen molar-refractivity contribution < 1.29 is 28.3 Å². The molecular formula is C16H18FNO5S. The van der Waals surface area contributed by atoms with Crippen LogP contribution in [0.3, 0.4) is 0 Å². The summed E-state index contributed by atoms with van der Waals surface area (Å²) in [5, 5.41) is 1.04. The number of amides is 1. The van der Waals surface area contributed by atoms with Crippen LogP contribution in [0.15, 0.2) is 34.9 Å². The van der Waals surface area contributed by atoms with E-state index in [1.165, 1.54) is 31.0 Å². The zero-order valence-corrected chi connectivity index (χ0v) is 14.6. The van der Waals surface area contributed by atoms with Crippen LogP contribution >= 0.6 is 11.8 Å². The molecule has 0 bridgehead atoms. The normalized spacial score (nSPS) is 17.5. The minimum Gasteiger partial charge on any atom is -0.445 e. The summed E-state index contributed by atoms with van der Waals surface area (Å²) in [6, 6.07) is 4.28. The summed E-state index contributed by atoms with van der Waals surface area (Å²) in [4.78, 5) is 29.7. The van der Waals surface area contributed by atoms with Gasteiger partial charge in [0, 0.05) is 18.7 Å². The number of carbonyl (C=O) groups excluding carboxylic acids is 2. The fourth-order valence-electron chi connectivity index (χ4n) is 2.11. The van der Waals surface area contributed by atoms with Crippen LogP contribution in [0.1, 0.15) is 19.4 Å². The molecule has 6 nitrogen and oxygen atoms in total. The Labute approximate surface area is 143 Å². The van der Waals surface area contributed by atoms with Gasteiger partial charge in [0.15, 0.2) is 0 Å². The maximum atomic E-state index is 13.3. The highest BCUT2D eigenvalue weighted by Crippen LogP contribution is 2.27. The molecule has 0 aromatic heterocycles. The molecule has 0 radical (unpaired) electrons. The molecule has 1 aliphatic rings. The minimum absolute atomic E-state index is 0.0913. The SMILES string of the molecule is CON(Cc1ccc(F)cc1SC)C(=O)/C=C1\OC(C)(C)OC1=O. The lowest BCUT2D eigenvalue weighted by Crippen LogP contribution is -2.28. The van der Waals surface area contributed by atoms with E-state index in [-0.39, 0.29) is 18.1 Å². The number of benzene rings is 1. The molecule has 1 amide bonds. The standard InChI is InChI=1S/C16H18FNO5S/c1-16(2)22-12(15(20)23-16)8-14(19)18(21-3)9-10-5-6-11(17)7-13(10)24-4/h5-8H,9H2,1-4H3/b12-8-. The number of rotatable bonds is 5. The van der Waals surface area contributed by atoms with Crippen molar-refractivity contribution in [2.45, 2.75) is 31.1 Å². The van der Waals surface area contributed by atoms with Gasteiger partial charge in [0.2, 0.25) is 11.5 Å². The minimum atomic E-state index is -1.11. The first-order valence-corrected chi connectivity index (χ1v) is 8.30. The summed E-state index contributed by atoms with van der Waals surface area (Å²) in [6.07, 6.45) is 2.83. The average Bonchev–Trinajstić information content (AvgIpc) is 2.77. The molecule has 1 heterocycles. The second kappa shape index (κ2) is 7.23. The van der Waals surface area contributed by atoms with Crippen molar-refractivity contribution >= 4 is 23.6 Å². The first-order valence-electron chi connectivity index (χ1n) is 7.08. The van der Waals surface area contributed by atoms with Gasteiger partial charge in [-0.15, -0.1) is 11.8 Å². The van der Waals surface area contributed by atoms with E-state index < -0.39 is 17.7 Å². The van der Waals surface area contributed by atoms with Crippen LogP contribution in [0.25, 0.3) is 0 Å². The lowest BCUT2D eigenvalue weighted by molar-refractivity contribution is -0.173. The molecule has 2 rings (SSSR count). The number of cyclic esters (lactones) is 1. The van der Waals surface area contributed by atoms with E-state index >= 15 is 0 Å². The number of thioether (sulfide) groups is 1. The molecular weight excluding hydrogens is 337 g/mol. The molecule has 1 aromatic rings.